The quantitative estimate of drug-likeness (QED) is 0.613. The van der Waals surface area contributed by atoms with Gasteiger partial charge in [0, 0.05) is 6.20 Å². The summed E-state index contributed by atoms with van der Waals surface area (Å²) in [7, 11) is 0. The fourth-order valence-corrected chi connectivity index (χ4v) is 0.799. The van der Waals surface area contributed by atoms with Gasteiger partial charge in [0.05, 0.1) is 0 Å². The normalized spacial score (nSPS) is 9.75. The van der Waals surface area contributed by atoms with Crippen molar-refractivity contribution in [2.45, 2.75) is 0 Å². The molecule has 1 aromatic heterocycles. The Bertz CT molecular complexity index is 360. The lowest BCUT2D eigenvalue weighted by molar-refractivity contribution is 0.0934. The highest BCUT2D eigenvalue weighted by atomic mass is 35.5. The molecule has 0 aliphatic heterocycles. The molecule has 6 heteroatoms. The molecular formula is C6H6ClN3O2. The third kappa shape index (κ3) is 1.62. The molecule has 12 heavy (non-hydrogen) atoms. The topological polar surface area (TPSA) is 78.0 Å². The summed E-state index contributed by atoms with van der Waals surface area (Å²) in [6.07, 6.45) is 1.25. The zero-order chi connectivity index (χ0) is 9.14. The fraction of sp³-hybridized carbons (Fsp3) is 0.167. The minimum atomic E-state index is -0.708. The second-order valence-electron chi connectivity index (χ2n) is 2.03. The van der Waals surface area contributed by atoms with Crippen molar-refractivity contribution in [1.82, 2.24) is 9.55 Å². The van der Waals surface area contributed by atoms with E-state index in [1.807, 2.05) is 0 Å². The summed E-state index contributed by atoms with van der Waals surface area (Å²) in [5.41, 5.74) is 4.49. The van der Waals surface area contributed by atoms with Crippen LogP contribution in [0.2, 0.25) is 0 Å². The third-order valence-electron chi connectivity index (χ3n) is 1.21. The molecule has 2 N–H and O–H groups in total. The van der Waals surface area contributed by atoms with Gasteiger partial charge in [0.25, 0.3) is 0 Å². The number of nitrogens with two attached hydrogens (primary N) is 1. The second kappa shape index (κ2) is 3.36. The summed E-state index contributed by atoms with van der Waals surface area (Å²) >= 11 is 5.23. The van der Waals surface area contributed by atoms with Crippen molar-refractivity contribution in [1.29, 1.82) is 0 Å². The van der Waals surface area contributed by atoms with Crippen LogP contribution in [0.4, 0.5) is 5.82 Å². The van der Waals surface area contributed by atoms with Gasteiger partial charge in [0.2, 0.25) is 5.91 Å². The first-order valence-corrected chi connectivity index (χ1v) is 3.63. The zero-order valence-corrected chi connectivity index (χ0v) is 6.78. The summed E-state index contributed by atoms with van der Waals surface area (Å²) in [6.45, 7) is 0. The van der Waals surface area contributed by atoms with Crippen molar-refractivity contribution in [3.05, 3.63) is 22.7 Å². The maximum absolute atomic E-state index is 10.9. The number of carbonyl (C=O) groups excluding carboxylic acids is 1. The Morgan fingerprint density at radius 2 is 2.42 bits per heavy atom. The lowest BCUT2D eigenvalue weighted by atomic mass is 10.5. The highest BCUT2D eigenvalue weighted by Crippen LogP contribution is 1.90. The molecule has 0 radical (unpaired) electrons. The number of rotatable bonds is 1. The van der Waals surface area contributed by atoms with Crippen LogP contribution in [0, 0.1) is 0 Å². The predicted octanol–water partition coefficient (Wildman–Crippen LogP) is -0.296. The molecule has 0 aromatic carbocycles. The standard InChI is InChI=1S/C6H6ClN3O2/c7-3-5(11)10-2-1-4(8)9-6(10)12/h1-2H,3H2,(H2,8,9,12). The number of anilines is 1. The number of hydrogen-bond donors (Lipinski definition) is 1. The number of carbonyl (C=O) groups is 1. The van der Waals surface area contributed by atoms with Gasteiger partial charge in [-0.25, -0.2) is 9.36 Å². The van der Waals surface area contributed by atoms with Gasteiger partial charge < -0.3 is 5.73 Å². The maximum atomic E-state index is 10.9. The monoisotopic (exact) mass is 187 g/mol. The molecule has 1 aromatic rings. The number of hydrogen-bond acceptors (Lipinski definition) is 4. The molecule has 64 valence electrons. The molecule has 0 saturated heterocycles. The van der Waals surface area contributed by atoms with Crippen LogP contribution in [0.1, 0.15) is 4.79 Å². The van der Waals surface area contributed by atoms with Crippen LogP contribution in [-0.4, -0.2) is 21.3 Å². The van der Waals surface area contributed by atoms with E-state index in [-0.39, 0.29) is 11.7 Å². The summed E-state index contributed by atoms with van der Waals surface area (Å²) in [5.74, 6) is -0.696. The van der Waals surface area contributed by atoms with E-state index in [2.05, 4.69) is 4.98 Å². The number of alkyl halides is 1. The summed E-state index contributed by atoms with van der Waals surface area (Å²) < 4.78 is 0.809. The molecule has 0 bridgehead atoms. The molecule has 0 aliphatic carbocycles. The number of aromatic nitrogens is 2. The molecule has 1 heterocycles. The maximum Gasteiger partial charge on any atom is 0.356 e. The number of halogens is 1. The Morgan fingerprint density at radius 3 is 2.92 bits per heavy atom. The second-order valence-corrected chi connectivity index (χ2v) is 2.30. The van der Waals surface area contributed by atoms with E-state index in [1.165, 1.54) is 12.3 Å². The van der Waals surface area contributed by atoms with Gasteiger partial charge in [-0.3, -0.25) is 4.79 Å². The van der Waals surface area contributed by atoms with Gasteiger partial charge in [-0.1, -0.05) is 0 Å². The van der Waals surface area contributed by atoms with Gasteiger partial charge >= 0.3 is 5.69 Å². The smallest absolute Gasteiger partial charge is 0.356 e. The Balaban J connectivity index is 3.19. The average molecular weight is 188 g/mol. The molecule has 0 saturated carbocycles. The van der Waals surface area contributed by atoms with Gasteiger partial charge in [0.1, 0.15) is 11.7 Å². The van der Waals surface area contributed by atoms with E-state index in [1.54, 1.807) is 0 Å². The molecule has 0 amide bonds. The van der Waals surface area contributed by atoms with Crippen LogP contribution < -0.4 is 11.4 Å². The lowest BCUT2D eigenvalue weighted by Crippen LogP contribution is -2.29. The first-order chi connectivity index (χ1) is 5.65. The van der Waals surface area contributed by atoms with Crippen molar-refractivity contribution in [2.24, 2.45) is 0 Å². The van der Waals surface area contributed by atoms with E-state index in [0.717, 1.165) is 4.57 Å². The number of nitrogen functional groups attached to an aromatic ring is 1. The van der Waals surface area contributed by atoms with Crippen LogP contribution in [0.15, 0.2) is 17.1 Å². The number of nitrogens with zero attached hydrogens (tertiary/aromatic N) is 2. The first kappa shape index (κ1) is 8.73. The van der Waals surface area contributed by atoms with Gasteiger partial charge in [-0.15, -0.1) is 11.6 Å². The average Bonchev–Trinajstić information content (AvgIpc) is 2.03. The molecule has 0 spiro atoms. The van der Waals surface area contributed by atoms with Crippen molar-refractivity contribution in [3.63, 3.8) is 0 Å². The van der Waals surface area contributed by atoms with E-state index in [9.17, 15) is 9.59 Å². The Labute approximate surface area is 72.8 Å². The van der Waals surface area contributed by atoms with Crippen LogP contribution in [-0.2, 0) is 0 Å². The van der Waals surface area contributed by atoms with Crippen molar-refractivity contribution < 1.29 is 4.79 Å². The minimum Gasteiger partial charge on any atom is -0.383 e. The van der Waals surface area contributed by atoms with Crippen LogP contribution in [0.5, 0.6) is 0 Å². The first-order valence-electron chi connectivity index (χ1n) is 3.09. The Hall–Kier alpha value is -1.36. The van der Waals surface area contributed by atoms with E-state index < -0.39 is 11.6 Å². The van der Waals surface area contributed by atoms with Crippen LogP contribution in [0.25, 0.3) is 0 Å². The SMILES string of the molecule is Nc1ccn(C(=O)CCl)c(=O)n1. The molecular weight excluding hydrogens is 182 g/mol. The molecule has 5 nitrogen and oxygen atoms in total. The molecule has 0 atom stereocenters. The third-order valence-corrected chi connectivity index (χ3v) is 1.44. The van der Waals surface area contributed by atoms with Gasteiger partial charge in [-0.2, -0.15) is 4.98 Å². The van der Waals surface area contributed by atoms with Crippen molar-refractivity contribution >= 4 is 23.3 Å². The minimum absolute atomic E-state index is 0.0821. The zero-order valence-electron chi connectivity index (χ0n) is 6.03. The Morgan fingerprint density at radius 1 is 1.75 bits per heavy atom. The largest absolute Gasteiger partial charge is 0.383 e. The summed E-state index contributed by atoms with van der Waals surface area (Å²) in [4.78, 5) is 25.2. The highest BCUT2D eigenvalue weighted by Gasteiger charge is 2.04. The summed E-state index contributed by atoms with van der Waals surface area (Å²) in [5, 5.41) is 0. The molecule has 1 rings (SSSR count). The van der Waals surface area contributed by atoms with E-state index in [0.29, 0.717) is 0 Å². The van der Waals surface area contributed by atoms with Gasteiger partial charge in [-0.05, 0) is 6.07 Å². The summed E-state index contributed by atoms with van der Waals surface area (Å²) in [6, 6.07) is 1.35. The van der Waals surface area contributed by atoms with Gasteiger partial charge in [0.15, 0.2) is 0 Å². The van der Waals surface area contributed by atoms with Crippen LogP contribution >= 0.6 is 11.6 Å². The molecule has 0 fully saturated rings. The predicted molar refractivity (Wildman–Crippen MR) is 44.3 cm³/mol. The van der Waals surface area contributed by atoms with E-state index in [4.69, 9.17) is 17.3 Å². The van der Waals surface area contributed by atoms with Crippen LogP contribution in [0.3, 0.4) is 0 Å². The Kier molecular flexibility index (Phi) is 2.44. The van der Waals surface area contributed by atoms with Crippen molar-refractivity contribution in [3.8, 4) is 0 Å². The highest BCUT2D eigenvalue weighted by molar-refractivity contribution is 6.27. The van der Waals surface area contributed by atoms with Crippen molar-refractivity contribution in [2.75, 3.05) is 11.6 Å². The van der Waals surface area contributed by atoms with E-state index >= 15 is 0 Å². The molecule has 0 aliphatic rings. The fourth-order valence-electron chi connectivity index (χ4n) is 0.670. The lowest BCUT2D eigenvalue weighted by Gasteiger charge is -1.98. The molecule has 0 unspecified atom stereocenters.